The molecule has 1 fully saturated rings. The van der Waals surface area contributed by atoms with Gasteiger partial charge in [-0.1, -0.05) is 18.2 Å². The number of nitrogens with zero attached hydrogens (tertiary/aromatic N) is 3. The highest BCUT2D eigenvalue weighted by molar-refractivity contribution is 6.04. The summed E-state index contributed by atoms with van der Waals surface area (Å²) in [7, 11) is 0. The SMILES string of the molecule is O=C(Nc1ccc(N2CCCN(C(=O)c3ccccc3F)CC2)nc1)c1cccc(C(F)(F)F)c1. The van der Waals surface area contributed by atoms with Crippen molar-refractivity contribution < 1.29 is 27.2 Å². The van der Waals surface area contributed by atoms with Crippen LogP contribution in [0.4, 0.5) is 29.1 Å². The van der Waals surface area contributed by atoms with E-state index in [1.165, 1.54) is 36.5 Å². The van der Waals surface area contributed by atoms with E-state index in [0.29, 0.717) is 44.1 Å². The molecule has 3 aromatic rings. The Bertz CT molecular complexity index is 1210. The average molecular weight is 486 g/mol. The van der Waals surface area contributed by atoms with E-state index in [2.05, 4.69) is 10.3 Å². The molecule has 1 aliphatic rings. The number of hydrogen-bond acceptors (Lipinski definition) is 4. The fourth-order valence-corrected chi connectivity index (χ4v) is 3.84. The molecule has 35 heavy (non-hydrogen) atoms. The predicted molar refractivity (Wildman–Crippen MR) is 123 cm³/mol. The maximum Gasteiger partial charge on any atom is 0.416 e. The highest BCUT2D eigenvalue weighted by Crippen LogP contribution is 2.29. The maximum absolute atomic E-state index is 14.0. The van der Waals surface area contributed by atoms with Crippen LogP contribution in [0, 0.1) is 5.82 Å². The molecule has 0 bridgehead atoms. The van der Waals surface area contributed by atoms with E-state index in [9.17, 15) is 27.2 Å². The van der Waals surface area contributed by atoms with Gasteiger partial charge < -0.3 is 15.1 Å². The molecule has 0 atom stereocenters. The number of rotatable bonds is 4. The Hall–Kier alpha value is -3.95. The van der Waals surface area contributed by atoms with E-state index in [0.717, 1.165) is 12.1 Å². The van der Waals surface area contributed by atoms with Crippen LogP contribution >= 0.6 is 0 Å². The second-order valence-corrected chi connectivity index (χ2v) is 8.05. The van der Waals surface area contributed by atoms with Crippen molar-refractivity contribution in [2.45, 2.75) is 12.6 Å². The highest BCUT2D eigenvalue weighted by Gasteiger charge is 2.31. The average Bonchev–Trinajstić information content (AvgIpc) is 3.10. The van der Waals surface area contributed by atoms with Crippen LogP contribution in [0.1, 0.15) is 32.7 Å². The first kappa shape index (κ1) is 24.2. The van der Waals surface area contributed by atoms with Crippen LogP contribution < -0.4 is 10.2 Å². The molecular weight excluding hydrogens is 464 g/mol. The minimum atomic E-state index is -4.54. The first-order valence-electron chi connectivity index (χ1n) is 11.0. The van der Waals surface area contributed by atoms with E-state index >= 15 is 0 Å². The number of carbonyl (C=O) groups excluding carboxylic acids is 2. The van der Waals surface area contributed by atoms with Gasteiger partial charge in [-0.25, -0.2) is 9.37 Å². The molecule has 182 valence electrons. The molecule has 0 radical (unpaired) electrons. The Balaban J connectivity index is 1.38. The van der Waals surface area contributed by atoms with Crippen LogP contribution in [-0.4, -0.2) is 47.9 Å². The number of alkyl halides is 3. The first-order valence-corrected chi connectivity index (χ1v) is 11.0. The highest BCUT2D eigenvalue weighted by atomic mass is 19.4. The van der Waals surface area contributed by atoms with Crippen molar-refractivity contribution in [1.29, 1.82) is 0 Å². The summed E-state index contributed by atoms with van der Waals surface area (Å²) in [5, 5.41) is 2.55. The standard InChI is InChI=1S/C25H22F4N4O2/c26-21-8-2-1-7-20(21)24(35)33-12-4-11-32(13-14-33)22-10-9-19(16-30-22)31-23(34)17-5-3-6-18(15-17)25(27,28)29/h1-3,5-10,15-16H,4,11-14H2,(H,31,34). The number of nitrogens with one attached hydrogen (secondary N) is 1. The van der Waals surface area contributed by atoms with Crippen molar-refractivity contribution in [2.24, 2.45) is 0 Å². The molecule has 0 unspecified atom stereocenters. The summed E-state index contributed by atoms with van der Waals surface area (Å²) in [5.74, 6) is -0.960. The number of hydrogen-bond donors (Lipinski definition) is 1. The van der Waals surface area contributed by atoms with Gasteiger partial charge in [0, 0.05) is 31.7 Å². The molecule has 0 spiro atoms. The number of amides is 2. The topological polar surface area (TPSA) is 65.5 Å². The van der Waals surface area contributed by atoms with Crippen LogP contribution in [0.25, 0.3) is 0 Å². The second kappa shape index (κ2) is 10.1. The Morgan fingerprint density at radius 1 is 0.914 bits per heavy atom. The van der Waals surface area contributed by atoms with Crippen molar-refractivity contribution in [3.05, 3.63) is 89.4 Å². The van der Waals surface area contributed by atoms with Crippen LogP contribution in [0.15, 0.2) is 66.9 Å². The molecule has 1 aliphatic heterocycles. The summed E-state index contributed by atoms with van der Waals surface area (Å²) < 4.78 is 52.7. The fraction of sp³-hybridized carbons (Fsp3) is 0.240. The third-order valence-electron chi connectivity index (χ3n) is 5.67. The van der Waals surface area contributed by atoms with Crippen LogP contribution in [-0.2, 0) is 6.18 Å². The maximum atomic E-state index is 14.0. The smallest absolute Gasteiger partial charge is 0.355 e. The molecule has 0 aliphatic carbocycles. The summed E-state index contributed by atoms with van der Waals surface area (Å²) in [6.45, 7) is 1.99. The van der Waals surface area contributed by atoms with Crippen LogP contribution in [0.3, 0.4) is 0 Å². The molecule has 10 heteroatoms. The second-order valence-electron chi connectivity index (χ2n) is 8.05. The minimum absolute atomic E-state index is 0.0416. The molecular formula is C25H22F4N4O2. The molecule has 2 aromatic carbocycles. The van der Waals surface area contributed by atoms with Crippen molar-refractivity contribution in [3.8, 4) is 0 Å². The fourth-order valence-electron chi connectivity index (χ4n) is 3.84. The molecule has 1 aromatic heterocycles. The molecule has 4 rings (SSSR count). The quantitative estimate of drug-likeness (QED) is 0.536. The van der Waals surface area contributed by atoms with E-state index in [-0.39, 0.29) is 17.0 Å². The minimum Gasteiger partial charge on any atom is -0.355 e. The zero-order valence-electron chi connectivity index (χ0n) is 18.6. The molecule has 2 amide bonds. The number of benzene rings is 2. The number of aromatic nitrogens is 1. The Labute approximate surface area is 199 Å². The van der Waals surface area contributed by atoms with Gasteiger partial charge in [0.2, 0.25) is 0 Å². The van der Waals surface area contributed by atoms with Crippen molar-refractivity contribution in [3.63, 3.8) is 0 Å². The number of halogens is 4. The summed E-state index contributed by atoms with van der Waals surface area (Å²) in [5.41, 5.74) is -0.638. The Morgan fingerprint density at radius 3 is 2.43 bits per heavy atom. The van der Waals surface area contributed by atoms with E-state index in [1.54, 1.807) is 23.1 Å². The van der Waals surface area contributed by atoms with Gasteiger partial charge in [-0.05, 0) is 48.9 Å². The largest absolute Gasteiger partial charge is 0.416 e. The molecule has 1 saturated heterocycles. The van der Waals surface area contributed by atoms with Gasteiger partial charge in [0.25, 0.3) is 11.8 Å². The van der Waals surface area contributed by atoms with Gasteiger partial charge in [0.15, 0.2) is 0 Å². The number of pyridine rings is 1. The molecule has 2 heterocycles. The summed E-state index contributed by atoms with van der Waals surface area (Å²) in [4.78, 5) is 33.0. The normalized spacial score (nSPS) is 14.4. The van der Waals surface area contributed by atoms with Crippen molar-refractivity contribution in [1.82, 2.24) is 9.88 Å². The summed E-state index contributed by atoms with van der Waals surface area (Å²) in [6, 6.07) is 13.4. The van der Waals surface area contributed by atoms with E-state index in [1.807, 2.05) is 4.90 Å². The van der Waals surface area contributed by atoms with E-state index < -0.39 is 23.5 Å². The Kier molecular flexibility index (Phi) is 6.99. The monoisotopic (exact) mass is 486 g/mol. The van der Waals surface area contributed by atoms with Gasteiger partial charge in [-0.15, -0.1) is 0 Å². The lowest BCUT2D eigenvalue weighted by molar-refractivity contribution is -0.137. The number of anilines is 2. The Morgan fingerprint density at radius 2 is 1.71 bits per heavy atom. The molecule has 6 nitrogen and oxygen atoms in total. The van der Waals surface area contributed by atoms with E-state index in [4.69, 9.17) is 0 Å². The lowest BCUT2D eigenvalue weighted by Gasteiger charge is -2.23. The van der Waals surface area contributed by atoms with Gasteiger partial charge in [-0.3, -0.25) is 9.59 Å². The first-order chi connectivity index (χ1) is 16.7. The third-order valence-corrected chi connectivity index (χ3v) is 5.67. The lowest BCUT2D eigenvalue weighted by Crippen LogP contribution is -2.35. The zero-order chi connectivity index (χ0) is 25.0. The van der Waals surface area contributed by atoms with Gasteiger partial charge in [0.1, 0.15) is 11.6 Å². The zero-order valence-corrected chi connectivity index (χ0v) is 18.6. The van der Waals surface area contributed by atoms with Gasteiger partial charge in [-0.2, -0.15) is 13.2 Å². The van der Waals surface area contributed by atoms with Crippen molar-refractivity contribution in [2.75, 3.05) is 36.4 Å². The van der Waals surface area contributed by atoms with Gasteiger partial charge in [0.05, 0.1) is 23.0 Å². The molecule has 1 N–H and O–H groups in total. The summed E-state index contributed by atoms with van der Waals surface area (Å²) >= 11 is 0. The molecule has 0 saturated carbocycles. The van der Waals surface area contributed by atoms with Crippen LogP contribution in [0.2, 0.25) is 0 Å². The summed E-state index contributed by atoms with van der Waals surface area (Å²) in [6.07, 6.45) is -2.45. The lowest BCUT2D eigenvalue weighted by atomic mass is 10.1. The van der Waals surface area contributed by atoms with Crippen LogP contribution in [0.5, 0.6) is 0 Å². The number of carbonyl (C=O) groups is 2. The predicted octanol–water partition coefficient (Wildman–Crippen LogP) is 4.84. The van der Waals surface area contributed by atoms with Gasteiger partial charge >= 0.3 is 6.18 Å². The van der Waals surface area contributed by atoms with Crippen molar-refractivity contribution >= 4 is 23.3 Å². The third kappa shape index (κ3) is 5.76.